The highest BCUT2D eigenvalue weighted by molar-refractivity contribution is 7.89. The summed E-state index contributed by atoms with van der Waals surface area (Å²) in [6.07, 6.45) is 0. The van der Waals surface area contributed by atoms with E-state index in [9.17, 15) is 13.2 Å². The van der Waals surface area contributed by atoms with Gasteiger partial charge in [-0.25, -0.2) is 8.42 Å². The standard InChI is InChI=1S/C23H24N2O3S/c1-3-25(4-2)29(27,28)20-14-10-13-19(17-20)23(26)24-22-16-9-8-15-21(22)18-11-6-5-7-12-18/h5-17H,3-4H2,1-2H3,(H,24,26). The number of anilines is 1. The second-order valence-corrected chi connectivity index (χ2v) is 8.42. The van der Waals surface area contributed by atoms with Crippen LogP contribution in [-0.4, -0.2) is 31.7 Å². The number of para-hydroxylation sites is 1. The van der Waals surface area contributed by atoms with Crippen LogP contribution >= 0.6 is 0 Å². The number of carbonyl (C=O) groups excluding carboxylic acids is 1. The SMILES string of the molecule is CCN(CC)S(=O)(=O)c1cccc(C(=O)Nc2ccccc2-c2ccccc2)c1. The van der Waals surface area contributed by atoms with Gasteiger partial charge < -0.3 is 5.32 Å². The van der Waals surface area contributed by atoms with Crippen LogP contribution in [0, 0.1) is 0 Å². The first kappa shape index (κ1) is 20.8. The molecule has 0 fully saturated rings. The number of nitrogens with one attached hydrogen (secondary N) is 1. The van der Waals surface area contributed by atoms with Gasteiger partial charge in [0.1, 0.15) is 0 Å². The molecule has 0 saturated heterocycles. The van der Waals surface area contributed by atoms with Crippen LogP contribution in [0.4, 0.5) is 5.69 Å². The Kier molecular flexibility index (Phi) is 6.46. The van der Waals surface area contributed by atoms with Crippen molar-refractivity contribution in [1.29, 1.82) is 0 Å². The lowest BCUT2D eigenvalue weighted by molar-refractivity contribution is 0.102. The third-order valence-electron chi connectivity index (χ3n) is 4.70. The minimum absolute atomic E-state index is 0.116. The number of carbonyl (C=O) groups is 1. The van der Waals surface area contributed by atoms with Gasteiger partial charge in [-0.3, -0.25) is 4.79 Å². The minimum atomic E-state index is -3.63. The summed E-state index contributed by atoms with van der Waals surface area (Å²) in [6, 6.07) is 23.4. The Balaban J connectivity index is 1.90. The highest BCUT2D eigenvalue weighted by Crippen LogP contribution is 2.28. The predicted octanol–water partition coefficient (Wildman–Crippen LogP) is 4.64. The molecule has 3 aromatic carbocycles. The van der Waals surface area contributed by atoms with Crippen molar-refractivity contribution < 1.29 is 13.2 Å². The van der Waals surface area contributed by atoms with Gasteiger partial charge in [-0.1, -0.05) is 68.4 Å². The maximum absolute atomic E-state index is 12.9. The zero-order valence-electron chi connectivity index (χ0n) is 16.5. The zero-order chi connectivity index (χ0) is 20.9. The van der Waals surface area contributed by atoms with E-state index in [0.29, 0.717) is 24.3 Å². The monoisotopic (exact) mass is 408 g/mol. The maximum atomic E-state index is 12.9. The van der Waals surface area contributed by atoms with Crippen LogP contribution in [0.2, 0.25) is 0 Å². The Morgan fingerprint density at radius 2 is 1.52 bits per heavy atom. The van der Waals surface area contributed by atoms with Gasteiger partial charge >= 0.3 is 0 Å². The van der Waals surface area contributed by atoms with Crippen molar-refractivity contribution in [3.63, 3.8) is 0 Å². The molecule has 0 aliphatic heterocycles. The van der Waals surface area contributed by atoms with E-state index in [0.717, 1.165) is 11.1 Å². The summed E-state index contributed by atoms with van der Waals surface area (Å²) in [5.74, 6) is -0.357. The van der Waals surface area contributed by atoms with Crippen molar-refractivity contribution in [2.24, 2.45) is 0 Å². The maximum Gasteiger partial charge on any atom is 0.255 e. The van der Waals surface area contributed by atoms with Gasteiger partial charge in [-0.2, -0.15) is 4.31 Å². The Bertz CT molecular complexity index is 1090. The average molecular weight is 409 g/mol. The number of nitrogens with zero attached hydrogens (tertiary/aromatic N) is 1. The fraction of sp³-hybridized carbons (Fsp3) is 0.174. The second-order valence-electron chi connectivity index (χ2n) is 6.48. The first-order valence-corrected chi connectivity index (χ1v) is 11.0. The van der Waals surface area contributed by atoms with Gasteiger partial charge in [-0.15, -0.1) is 0 Å². The molecule has 1 N–H and O–H groups in total. The van der Waals surface area contributed by atoms with Crippen LogP contribution in [-0.2, 0) is 10.0 Å². The Hall–Kier alpha value is -2.96. The molecular weight excluding hydrogens is 384 g/mol. The molecule has 0 aliphatic rings. The van der Waals surface area contributed by atoms with Gasteiger partial charge in [-0.05, 0) is 29.8 Å². The Morgan fingerprint density at radius 1 is 0.862 bits per heavy atom. The molecule has 0 aliphatic carbocycles. The van der Waals surface area contributed by atoms with Crippen molar-refractivity contribution >= 4 is 21.6 Å². The lowest BCUT2D eigenvalue weighted by Gasteiger charge is -2.18. The van der Waals surface area contributed by atoms with Crippen LogP contribution in [0.25, 0.3) is 11.1 Å². The molecular formula is C23H24N2O3S. The molecule has 0 bridgehead atoms. The van der Waals surface area contributed by atoms with E-state index >= 15 is 0 Å². The number of hydrogen-bond acceptors (Lipinski definition) is 3. The lowest BCUT2D eigenvalue weighted by atomic mass is 10.0. The molecule has 0 spiro atoms. The second kappa shape index (κ2) is 9.03. The fourth-order valence-corrected chi connectivity index (χ4v) is 4.67. The summed E-state index contributed by atoms with van der Waals surface area (Å²) in [7, 11) is -3.63. The first-order valence-electron chi connectivity index (χ1n) is 9.53. The topological polar surface area (TPSA) is 66.5 Å². The molecule has 0 aromatic heterocycles. The lowest BCUT2D eigenvalue weighted by Crippen LogP contribution is -2.30. The van der Waals surface area contributed by atoms with Crippen molar-refractivity contribution in [3.05, 3.63) is 84.4 Å². The number of hydrogen-bond donors (Lipinski definition) is 1. The highest BCUT2D eigenvalue weighted by Gasteiger charge is 2.22. The largest absolute Gasteiger partial charge is 0.321 e. The van der Waals surface area contributed by atoms with Gasteiger partial charge in [0.15, 0.2) is 0 Å². The molecule has 150 valence electrons. The van der Waals surface area contributed by atoms with E-state index in [-0.39, 0.29) is 10.8 Å². The van der Waals surface area contributed by atoms with Crippen LogP contribution < -0.4 is 5.32 Å². The normalized spacial score (nSPS) is 11.4. The summed E-state index contributed by atoms with van der Waals surface area (Å²) in [5.41, 5.74) is 2.84. The Labute approximate surface area is 172 Å². The van der Waals surface area contributed by atoms with E-state index in [1.807, 2.05) is 54.6 Å². The van der Waals surface area contributed by atoms with Crippen LogP contribution in [0.3, 0.4) is 0 Å². The number of sulfonamides is 1. The van der Waals surface area contributed by atoms with Crippen LogP contribution in [0.5, 0.6) is 0 Å². The summed E-state index contributed by atoms with van der Waals surface area (Å²) < 4.78 is 26.9. The molecule has 0 heterocycles. The predicted molar refractivity (Wildman–Crippen MR) is 116 cm³/mol. The zero-order valence-corrected chi connectivity index (χ0v) is 17.3. The molecule has 0 saturated carbocycles. The molecule has 3 aromatic rings. The summed E-state index contributed by atoms with van der Waals surface area (Å²) in [4.78, 5) is 13.0. The summed E-state index contributed by atoms with van der Waals surface area (Å²) in [6.45, 7) is 4.33. The molecule has 5 nitrogen and oxygen atoms in total. The van der Waals surface area contributed by atoms with Crippen molar-refractivity contribution in [2.75, 3.05) is 18.4 Å². The molecule has 0 radical (unpaired) electrons. The van der Waals surface area contributed by atoms with E-state index < -0.39 is 10.0 Å². The van der Waals surface area contributed by atoms with Gasteiger partial charge in [0.2, 0.25) is 10.0 Å². The first-order chi connectivity index (χ1) is 14.0. The molecule has 0 unspecified atom stereocenters. The van der Waals surface area contributed by atoms with Crippen molar-refractivity contribution in [1.82, 2.24) is 4.31 Å². The van der Waals surface area contributed by atoms with Crippen molar-refractivity contribution in [2.45, 2.75) is 18.7 Å². The molecule has 6 heteroatoms. The van der Waals surface area contributed by atoms with E-state index in [4.69, 9.17) is 0 Å². The molecule has 29 heavy (non-hydrogen) atoms. The molecule has 0 atom stereocenters. The van der Waals surface area contributed by atoms with Gasteiger partial charge in [0.25, 0.3) is 5.91 Å². The van der Waals surface area contributed by atoms with Gasteiger partial charge in [0.05, 0.1) is 4.90 Å². The van der Waals surface area contributed by atoms with Crippen LogP contribution in [0.1, 0.15) is 24.2 Å². The Morgan fingerprint density at radius 3 is 2.21 bits per heavy atom. The summed E-state index contributed by atoms with van der Waals surface area (Å²) in [5, 5.41) is 2.91. The third kappa shape index (κ3) is 4.55. The number of amides is 1. The quantitative estimate of drug-likeness (QED) is 0.619. The van der Waals surface area contributed by atoms with Crippen LogP contribution in [0.15, 0.2) is 83.8 Å². The smallest absolute Gasteiger partial charge is 0.255 e. The molecule has 3 rings (SSSR count). The molecule has 1 amide bonds. The minimum Gasteiger partial charge on any atom is -0.321 e. The van der Waals surface area contributed by atoms with E-state index in [1.165, 1.54) is 16.4 Å². The van der Waals surface area contributed by atoms with Gasteiger partial charge in [0, 0.05) is 29.9 Å². The third-order valence-corrected chi connectivity index (χ3v) is 6.75. The fourth-order valence-electron chi connectivity index (χ4n) is 3.17. The number of benzene rings is 3. The van der Waals surface area contributed by atoms with Crippen molar-refractivity contribution in [3.8, 4) is 11.1 Å². The van der Waals surface area contributed by atoms with E-state index in [1.54, 1.807) is 26.0 Å². The average Bonchev–Trinajstić information content (AvgIpc) is 2.75. The van der Waals surface area contributed by atoms with E-state index in [2.05, 4.69) is 5.32 Å². The highest BCUT2D eigenvalue weighted by atomic mass is 32.2. The summed E-state index contributed by atoms with van der Waals surface area (Å²) >= 11 is 0. The number of rotatable bonds is 7.